The summed E-state index contributed by atoms with van der Waals surface area (Å²) in [5, 5.41) is 2.78. The van der Waals surface area contributed by atoms with Crippen LogP contribution in [0.15, 0.2) is 29.9 Å². The molecule has 76 valence electrons. The number of carbonyl (C=O) groups is 1. The normalized spacial score (nSPS) is 9.20. The Balaban J connectivity index is 3.07. The van der Waals surface area contributed by atoms with E-state index in [1.807, 2.05) is 0 Å². The number of hydrogen-bond acceptors (Lipinski definition) is 1. The van der Waals surface area contributed by atoms with E-state index in [1.165, 1.54) is 6.07 Å². The smallest absolute Gasteiger partial charge is 0.249 e. The SMILES string of the molecule is C=C(C(=O)N=[N+]=[N-])c1ccc(F)c(F)c1. The average molecular weight is 209 g/mol. The highest BCUT2D eigenvalue weighted by Gasteiger charge is 2.10. The molecule has 0 saturated heterocycles. The first kappa shape index (κ1) is 10.9. The molecule has 0 aliphatic heterocycles. The van der Waals surface area contributed by atoms with Gasteiger partial charge in [-0.25, -0.2) is 8.78 Å². The van der Waals surface area contributed by atoms with Crippen molar-refractivity contribution in [3.8, 4) is 0 Å². The second-order valence-electron chi connectivity index (χ2n) is 2.60. The summed E-state index contributed by atoms with van der Waals surface area (Å²) >= 11 is 0. The summed E-state index contributed by atoms with van der Waals surface area (Å²) < 4.78 is 25.3. The Bertz CT molecular complexity index is 478. The van der Waals surface area contributed by atoms with Gasteiger partial charge >= 0.3 is 0 Å². The molecule has 0 bridgehead atoms. The maximum absolute atomic E-state index is 12.8. The number of halogens is 2. The second-order valence-corrected chi connectivity index (χ2v) is 2.60. The van der Waals surface area contributed by atoms with Gasteiger partial charge in [-0.15, -0.1) is 0 Å². The summed E-state index contributed by atoms with van der Waals surface area (Å²) in [5.74, 6) is -3.05. The highest BCUT2D eigenvalue weighted by molar-refractivity contribution is 6.19. The molecular formula is C9H5F2N3O. The predicted octanol–water partition coefficient (Wildman–Crippen LogP) is 2.81. The molecule has 6 heteroatoms. The maximum Gasteiger partial charge on any atom is 0.249 e. The summed E-state index contributed by atoms with van der Waals surface area (Å²) in [6.45, 7) is 3.31. The molecule has 1 aromatic rings. The Labute approximate surface area is 83.5 Å². The molecule has 0 spiro atoms. The Morgan fingerprint density at radius 3 is 2.60 bits per heavy atom. The number of nitrogens with zero attached hydrogens (tertiary/aromatic N) is 3. The molecule has 15 heavy (non-hydrogen) atoms. The Morgan fingerprint density at radius 1 is 1.40 bits per heavy atom. The van der Waals surface area contributed by atoms with Crippen molar-refractivity contribution >= 4 is 11.5 Å². The number of benzene rings is 1. The zero-order valence-corrected chi connectivity index (χ0v) is 7.44. The van der Waals surface area contributed by atoms with Crippen LogP contribution in [0.25, 0.3) is 16.0 Å². The average Bonchev–Trinajstić information content (AvgIpc) is 2.21. The molecule has 0 aromatic heterocycles. The third-order valence-electron chi connectivity index (χ3n) is 1.66. The van der Waals surface area contributed by atoms with Crippen LogP contribution in [0.1, 0.15) is 5.56 Å². The fourth-order valence-electron chi connectivity index (χ4n) is 0.908. The number of carbonyl (C=O) groups excluding carboxylic acids is 1. The second kappa shape index (κ2) is 4.34. The van der Waals surface area contributed by atoms with Gasteiger partial charge < -0.3 is 0 Å². The van der Waals surface area contributed by atoms with Crippen molar-refractivity contribution in [1.29, 1.82) is 0 Å². The summed E-state index contributed by atoms with van der Waals surface area (Å²) in [6, 6.07) is 2.84. The molecule has 0 aliphatic carbocycles. The quantitative estimate of drug-likeness (QED) is 0.319. The Morgan fingerprint density at radius 2 is 2.07 bits per heavy atom. The van der Waals surface area contributed by atoms with Gasteiger partial charge in [-0.3, -0.25) is 4.79 Å². The fourth-order valence-corrected chi connectivity index (χ4v) is 0.908. The Hall–Kier alpha value is -2.20. The molecule has 0 aliphatic rings. The number of azide groups is 1. The maximum atomic E-state index is 12.8. The van der Waals surface area contributed by atoms with Gasteiger partial charge in [0.15, 0.2) is 11.6 Å². The van der Waals surface area contributed by atoms with Crippen molar-refractivity contribution in [3.63, 3.8) is 0 Å². The van der Waals surface area contributed by atoms with Crippen LogP contribution in [-0.4, -0.2) is 5.91 Å². The molecule has 0 heterocycles. The largest absolute Gasteiger partial charge is 0.287 e. The van der Waals surface area contributed by atoms with Crippen LogP contribution in [-0.2, 0) is 4.79 Å². The molecule has 0 radical (unpaired) electrons. The van der Waals surface area contributed by atoms with Crippen LogP contribution < -0.4 is 0 Å². The lowest BCUT2D eigenvalue weighted by molar-refractivity contribution is -0.112. The van der Waals surface area contributed by atoms with E-state index < -0.39 is 17.5 Å². The van der Waals surface area contributed by atoms with Gasteiger partial charge in [0.25, 0.3) is 0 Å². The molecule has 0 unspecified atom stereocenters. The van der Waals surface area contributed by atoms with Crippen LogP contribution in [0.4, 0.5) is 8.78 Å². The zero-order valence-electron chi connectivity index (χ0n) is 7.44. The molecule has 0 fully saturated rings. The molecule has 4 nitrogen and oxygen atoms in total. The van der Waals surface area contributed by atoms with E-state index >= 15 is 0 Å². The third-order valence-corrected chi connectivity index (χ3v) is 1.66. The first-order chi connectivity index (χ1) is 7.06. The van der Waals surface area contributed by atoms with E-state index in [9.17, 15) is 13.6 Å². The topological polar surface area (TPSA) is 65.8 Å². The summed E-state index contributed by atoms with van der Waals surface area (Å²) in [6.07, 6.45) is 0. The summed E-state index contributed by atoms with van der Waals surface area (Å²) in [5.41, 5.74) is 7.88. The summed E-state index contributed by atoms with van der Waals surface area (Å²) in [4.78, 5) is 13.3. The Kier molecular flexibility index (Phi) is 3.15. The number of amides is 1. The molecule has 1 amide bonds. The first-order valence-corrected chi connectivity index (χ1v) is 3.80. The van der Waals surface area contributed by atoms with E-state index in [-0.39, 0.29) is 11.1 Å². The van der Waals surface area contributed by atoms with E-state index in [4.69, 9.17) is 5.53 Å². The molecule has 1 rings (SSSR count). The summed E-state index contributed by atoms with van der Waals surface area (Å²) in [7, 11) is 0. The van der Waals surface area contributed by atoms with Gasteiger partial charge in [0.1, 0.15) is 0 Å². The molecular weight excluding hydrogens is 204 g/mol. The van der Waals surface area contributed by atoms with E-state index in [2.05, 4.69) is 16.6 Å². The van der Waals surface area contributed by atoms with Crippen molar-refractivity contribution in [2.45, 2.75) is 0 Å². The molecule has 0 N–H and O–H groups in total. The van der Waals surface area contributed by atoms with Crippen LogP contribution >= 0.6 is 0 Å². The van der Waals surface area contributed by atoms with Crippen molar-refractivity contribution in [2.75, 3.05) is 0 Å². The van der Waals surface area contributed by atoms with Crippen molar-refractivity contribution in [3.05, 3.63) is 52.4 Å². The molecule has 0 saturated carbocycles. The van der Waals surface area contributed by atoms with Crippen molar-refractivity contribution < 1.29 is 13.6 Å². The van der Waals surface area contributed by atoms with Gasteiger partial charge in [-0.1, -0.05) is 12.6 Å². The standard InChI is InChI=1S/C9H5F2N3O/c1-5(9(15)13-14-12)6-2-3-7(10)8(11)4-6/h2-4H,1H2. The lowest BCUT2D eigenvalue weighted by atomic mass is 10.1. The van der Waals surface area contributed by atoms with Gasteiger partial charge in [-0.05, 0) is 28.3 Å². The van der Waals surface area contributed by atoms with E-state index in [1.54, 1.807) is 0 Å². The van der Waals surface area contributed by atoms with Crippen molar-refractivity contribution in [1.82, 2.24) is 0 Å². The van der Waals surface area contributed by atoms with Crippen LogP contribution in [0.2, 0.25) is 0 Å². The minimum atomic E-state index is -1.10. The lowest BCUT2D eigenvalue weighted by Gasteiger charge is -2.01. The zero-order chi connectivity index (χ0) is 11.4. The fraction of sp³-hybridized carbons (Fsp3) is 0. The van der Waals surface area contributed by atoms with Crippen LogP contribution in [0.5, 0.6) is 0 Å². The predicted molar refractivity (Wildman–Crippen MR) is 49.5 cm³/mol. The van der Waals surface area contributed by atoms with E-state index in [0.29, 0.717) is 0 Å². The minimum Gasteiger partial charge on any atom is -0.287 e. The van der Waals surface area contributed by atoms with Gasteiger partial charge in [0.2, 0.25) is 5.91 Å². The highest BCUT2D eigenvalue weighted by atomic mass is 19.2. The first-order valence-electron chi connectivity index (χ1n) is 3.80. The lowest BCUT2D eigenvalue weighted by Crippen LogP contribution is -1.97. The number of rotatable bonds is 2. The van der Waals surface area contributed by atoms with Gasteiger partial charge in [-0.2, -0.15) is 0 Å². The minimum absolute atomic E-state index is 0.0753. The molecule has 0 atom stereocenters. The highest BCUT2D eigenvalue weighted by Crippen LogP contribution is 2.17. The number of hydrogen-bond donors (Lipinski definition) is 0. The third kappa shape index (κ3) is 2.38. The van der Waals surface area contributed by atoms with E-state index in [0.717, 1.165) is 12.1 Å². The van der Waals surface area contributed by atoms with Gasteiger partial charge in [0.05, 0.1) is 0 Å². The van der Waals surface area contributed by atoms with Crippen LogP contribution in [0.3, 0.4) is 0 Å². The van der Waals surface area contributed by atoms with Crippen LogP contribution in [0, 0.1) is 11.6 Å². The van der Waals surface area contributed by atoms with Crippen molar-refractivity contribution in [2.24, 2.45) is 5.11 Å². The molecule has 1 aromatic carbocycles. The van der Waals surface area contributed by atoms with Gasteiger partial charge in [0, 0.05) is 10.5 Å². The monoisotopic (exact) mass is 209 g/mol.